The van der Waals surface area contributed by atoms with E-state index in [0.29, 0.717) is 0 Å². The molecule has 2 aromatic rings. The van der Waals surface area contributed by atoms with Crippen LogP contribution in [0.4, 0.5) is 4.79 Å². The van der Waals surface area contributed by atoms with Gasteiger partial charge in [0.2, 0.25) is 5.91 Å². The van der Waals surface area contributed by atoms with Crippen LogP contribution < -0.4 is 5.32 Å². The number of carboxylic acids is 1. The number of fused-ring (bicyclic) bond motifs is 3. The third-order valence-corrected chi connectivity index (χ3v) is 6.30. The maximum absolute atomic E-state index is 13.1. The molecule has 2 aliphatic rings. The number of morpholine rings is 1. The molecule has 2 aromatic carbocycles. The molecular weight excluding hydrogens is 424 g/mol. The van der Waals surface area contributed by atoms with Gasteiger partial charge in [0.15, 0.2) is 6.04 Å². The number of carbonyl (C=O) groups is 3. The fourth-order valence-electron chi connectivity index (χ4n) is 4.68. The zero-order valence-electron chi connectivity index (χ0n) is 18.9. The van der Waals surface area contributed by atoms with E-state index in [9.17, 15) is 19.5 Å². The highest BCUT2D eigenvalue weighted by Crippen LogP contribution is 2.44. The molecule has 2 atom stereocenters. The monoisotopic (exact) mass is 452 g/mol. The highest BCUT2D eigenvalue weighted by Gasteiger charge is 2.44. The lowest BCUT2D eigenvalue weighted by molar-refractivity contribution is -0.167. The molecule has 0 spiro atoms. The van der Waals surface area contributed by atoms with E-state index in [2.05, 4.69) is 17.4 Å². The number of rotatable bonds is 5. The Morgan fingerprint density at radius 1 is 1.09 bits per heavy atom. The van der Waals surface area contributed by atoms with Gasteiger partial charge >= 0.3 is 12.1 Å². The highest BCUT2D eigenvalue weighted by molar-refractivity contribution is 5.92. The van der Waals surface area contributed by atoms with Crippen LogP contribution in [-0.2, 0) is 19.1 Å². The average Bonchev–Trinajstić information content (AvgIpc) is 3.10. The number of amides is 2. The van der Waals surface area contributed by atoms with Crippen molar-refractivity contribution in [3.63, 3.8) is 0 Å². The quantitative estimate of drug-likeness (QED) is 0.723. The molecule has 1 aliphatic carbocycles. The zero-order chi connectivity index (χ0) is 23.8. The van der Waals surface area contributed by atoms with Gasteiger partial charge in [0.05, 0.1) is 12.7 Å². The van der Waals surface area contributed by atoms with E-state index in [0.717, 1.165) is 22.3 Å². The molecule has 2 N–H and O–H groups in total. The topological polar surface area (TPSA) is 105 Å². The molecule has 174 valence electrons. The van der Waals surface area contributed by atoms with Crippen molar-refractivity contribution in [2.24, 2.45) is 0 Å². The van der Waals surface area contributed by atoms with Crippen LogP contribution in [0.5, 0.6) is 0 Å². The van der Waals surface area contributed by atoms with Crippen molar-refractivity contribution in [1.82, 2.24) is 10.2 Å². The number of carbonyl (C=O) groups excluding carboxylic acids is 2. The lowest BCUT2D eigenvalue weighted by Crippen LogP contribution is -2.64. The summed E-state index contributed by atoms with van der Waals surface area (Å²) in [6.45, 7) is 5.18. The van der Waals surface area contributed by atoms with E-state index in [-0.39, 0.29) is 25.7 Å². The summed E-state index contributed by atoms with van der Waals surface area (Å²) in [4.78, 5) is 38.7. The Bertz CT molecular complexity index is 1040. The summed E-state index contributed by atoms with van der Waals surface area (Å²) in [5.41, 5.74) is 3.08. The number of nitrogens with one attached hydrogen (secondary N) is 1. The smallest absolute Gasteiger partial charge is 0.408 e. The summed E-state index contributed by atoms with van der Waals surface area (Å²) >= 11 is 0. The van der Waals surface area contributed by atoms with Crippen molar-refractivity contribution in [1.29, 1.82) is 0 Å². The highest BCUT2D eigenvalue weighted by atomic mass is 16.5. The summed E-state index contributed by atoms with van der Waals surface area (Å²) in [5, 5.41) is 12.2. The molecule has 1 fully saturated rings. The minimum absolute atomic E-state index is 0.0987. The van der Waals surface area contributed by atoms with Crippen molar-refractivity contribution < 1.29 is 29.0 Å². The molecule has 0 radical (unpaired) electrons. The van der Waals surface area contributed by atoms with Gasteiger partial charge < -0.3 is 24.8 Å². The molecule has 1 saturated heterocycles. The minimum atomic E-state index is -1.35. The molecule has 1 aliphatic heterocycles. The number of aliphatic carboxylic acids is 1. The molecule has 0 saturated carbocycles. The van der Waals surface area contributed by atoms with Crippen LogP contribution in [-0.4, -0.2) is 65.4 Å². The van der Waals surface area contributed by atoms with Gasteiger partial charge in [-0.25, -0.2) is 9.59 Å². The van der Waals surface area contributed by atoms with Gasteiger partial charge in [-0.15, -0.1) is 0 Å². The molecule has 2 unspecified atom stereocenters. The van der Waals surface area contributed by atoms with Crippen LogP contribution in [0, 0.1) is 0 Å². The third-order valence-electron chi connectivity index (χ3n) is 6.30. The molecule has 1 heterocycles. The summed E-state index contributed by atoms with van der Waals surface area (Å²) in [7, 11) is 0. The van der Waals surface area contributed by atoms with Crippen LogP contribution >= 0.6 is 0 Å². The number of hydrogen-bond donors (Lipinski definition) is 2. The Morgan fingerprint density at radius 3 is 2.24 bits per heavy atom. The standard InChI is InChI=1S/C25H28N2O6/c1-15-21(22(28)29)27(12-13-32-15)23(30)25(2,3)26-24(31)33-14-20-18-10-6-4-8-16(18)17-9-5-7-11-19(17)20/h4-11,15,20-21H,12-14H2,1-3H3,(H,26,31)(H,28,29). The fraction of sp³-hybridized carbons (Fsp3) is 0.400. The van der Waals surface area contributed by atoms with Crippen molar-refractivity contribution >= 4 is 18.0 Å². The second kappa shape index (κ2) is 8.86. The summed E-state index contributed by atoms with van der Waals surface area (Å²) in [5.74, 6) is -1.75. The molecule has 0 aromatic heterocycles. The van der Waals surface area contributed by atoms with E-state index in [1.54, 1.807) is 6.92 Å². The predicted octanol–water partition coefficient (Wildman–Crippen LogP) is 3.00. The van der Waals surface area contributed by atoms with Crippen LogP contribution in [0.25, 0.3) is 11.1 Å². The first kappa shape index (κ1) is 22.8. The summed E-state index contributed by atoms with van der Waals surface area (Å²) in [6.07, 6.45) is -1.38. The number of carboxylic acid groups (broad SMARTS) is 1. The second-order valence-corrected chi connectivity index (χ2v) is 8.93. The van der Waals surface area contributed by atoms with E-state index in [4.69, 9.17) is 9.47 Å². The van der Waals surface area contributed by atoms with Crippen molar-refractivity contribution in [2.75, 3.05) is 19.8 Å². The zero-order valence-corrected chi connectivity index (χ0v) is 18.9. The van der Waals surface area contributed by atoms with Gasteiger partial charge in [-0.05, 0) is 43.0 Å². The lowest BCUT2D eigenvalue weighted by atomic mass is 9.98. The Balaban J connectivity index is 1.43. The fourth-order valence-corrected chi connectivity index (χ4v) is 4.68. The molecule has 2 amide bonds. The van der Waals surface area contributed by atoms with Crippen LogP contribution in [0.15, 0.2) is 48.5 Å². The molecule has 8 nitrogen and oxygen atoms in total. The van der Waals surface area contributed by atoms with Gasteiger partial charge in [0.25, 0.3) is 0 Å². The van der Waals surface area contributed by atoms with E-state index >= 15 is 0 Å². The van der Waals surface area contributed by atoms with E-state index in [1.807, 2.05) is 36.4 Å². The van der Waals surface area contributed by atoms with Crippen molar-refractivity contribution in [3.8, 4) is 11.1 Å². The number of hydrogen-bond acceptors (Lipinski definition) is 5. The average molecular weight is 453 g/mol. The molecule has 8 heteroatoms. The number of benzene rings is 2. The van der Waals surface area contributed by atoms with E-state index in [1.165, 1.54) is 18.7 Å². The van der Waals surface area contributed by atoms with Crippen LogP contribution in [0.1, 0.15) is 37.8 Å². The van der Waals surface area contributed by atoms with Gasteiger partial charge in [0, 0.05) is 12.5 Å². The van der Waals surface area contributed by atoms with Gasteiger partial charge in [-0.2, -0.15) is 0 Å². The SMILES string of the molecule is CC1OCCN(C(=O)C(C)(C)NC(=O)OCC2c3ccccc3-c3ccccc32)C1C(=O)O. The van der Waals surface area contributed by atoms with Gasteiger partial charge in [-0.3, -0.25) is 4.79 Å². The molecule has 33 heavy (non-hydrogen) atoms. The minimum Gasteiger partial charge on any atom is -0.480 e. The first-order chi connectivity index (χ1) is 15.7. The van der Waals surface area contributed by atoms with Crippen LogP contribution in [0.3, 0.4) is 0 Å². The molecule has 0 bridgehead atoms. The predicted molar refractivity (Wildman–Crippen MR) is 121 cm³/mol. The number of alkyl carbamates (subject to hydrolysis) is 1. The van der Waals surface area contributed by atoms with Crippen molar-refractivity contribution in [3.05, 3.63) is 59.7 Å². The summed E-state index contributed by atoms with van der Waals surface area (Å²) < 4.78 is 10.9. The van der Waals surface area contributed by atoms with Gasteiger partial charge in [-0.1, -0.05) is 48.5 Å². The maximum Gasteiger partial charge on any atom is 0.408 e. The first-order valence-electron chi connectivity index (χ1n) is 11.0. The third kappa shape index (κ3) is 4.30. The van der Waals surface area contributed by atoms with E-state index < -0.39 is 35.7 Å². The Hall–Kier alpha value is -3.39. The molecule has 4 rings (SSSR count). The Kier molecular flexibility index (Phi) is 6.12. The number of ether oxygens (including phenoxy) is 2. The molecular formula is C25H28N2O6. The maximum atomic E-state index is 13.1. The first-order valence-corrected chi connectivity index (χ1v) is 11.0. The summed E-state index contributed by atoms with van der Waals surface area (Å²) in [6, 6.07) is 14.9. The van der Waals surface area contributed by atoms with Crippen molar-refractivity contribution in [2.45, 2.75) is 44.4 Å². The van der Waals surface area contributed by atoms with Gasteiger partial charge in [0.1, 0.15) is 12.1 Å². The largest absolute Gasteiger partial charge is 0.480 e. The normalized spacial score (nSPS) is 20.0. The lowest BCUT2D eigenvalue weighted by Gasteiger charge is -2.41. The second-order valence-electron chi connectivity index (χ2n) is 8.93. The van der Waals surface area contributed by atoms with Crippen LogP contribution in [0.2, 0.25) is 0 Å². The number of nitrogens with zero attached hydrogens (tertiary/aromatic N) is 1. The Labute approximate surface area is 192 Å². The Morgan fingerprint density at radius 2 is 1.67 bits per heavy atom.